The van der Waals surface area contributed by atoms with Gasteiger partial charge in [0.15, 0.2) is 0 Å². The molecule has 2 rings (SSSR count). The lowest BCUT2D eigenvalue weighted by atomic mass is 10.2. The van der Waals surface area contributed by atoms with Gasteiger partial charge >= 0.3 is 0 Å². The number of amides is 1. The first-order valence-electron chi connectivity index (χ1n) is 6.76. The molecule has 2 aromatic rings. The normalized spacial score (nSPS) is 10.4. The molecule has 4 heteroatoms. The molecular formula is C17H18FNOS. The van der Waals surface area contributed by atoms with Gasteiger partial charge in [0.25, 0.3) is 0 Å². The first-order chi connectivity index (χ1) is 10.1. The molecule has 0 radical (unpaired) electrons. The van der Waals surface area contributed by atoms with E-state index in [1.54, 1.807) is 18.2 Å². The number of carbonyl (C=O) groups excluding carboxylic acids is 1. The molecule has 0 aliphatic carbocycles. The van der Waals surface area contributed by atoms with Gasteiger partial charge in [0, 0.05) is 17.0 Å². The Morgan fingerprint density at radius 3 is 2.71 bits per heavy atom. The van der Waals surface area contributed by atoms with Gasteiger partial charge in [0.05, 0.1) is 5.75 Å². The molecule has 0 saturated carbocycles. The maximum atomic E-state index is 13.4. The highest BCUT2D eigenvalue weighted by Gasteiger charge is 2.07. The van der Waals surface area contributed by atoms with Gasteiger partial charge in [-0.1, -0.05) is 35.9 Å². The Labute approximate surface area is 128 Å². The van der Waals surface area contributed by atoms with Crippen LogP contribution in [0.25, 0.3) is 0 Å². The van der Waals surface area contributed by atoms with E-state index in [4.69, 9.17) is 0 Å². The van der Waals surface area contributed by atoms with Crippen molar-refractivity contribution in [1.29, 1.82) is 0 Å². The van der Waals surface area contributed by atoms with E-state index in [0.717, 1.165) is 10.5 Å². The van der Waals surface area contributed by atoms with E-state index in [-0.39, 0.29) is 18.3 Å². The molecule has 110 valence electrons. The predicted octanol–water partition coefficient (Wildman–Crippen LogP) is 3.85. The van der Waals surface area contributed by atoms with Crippen molar-refractivity contribution < 1.29 is 9.18 Å². The molecule has 21 heavy (non-hydrogen) atoms. The number of aryl methyl sites for hydroxylation is 2. The average Bonchev–Trinajstić information content (AvgIpc) is 2.47. The summed E-state index contributed by atoms with van der Waals surface area (Å²) in [5.74, 6) is -0.0530. The number of rotatable bonds is 5. The predicted molar refractivity (Wildman–Crippen MR) is 84.9 cm³/mol. The van der Waals surface area contributed by atoms with Crippen LogP contribution in [0.1, 0.15) is 16.7 Å². The van der Waals surface area contributed by atoms with E-state index in [9.17, 15) is 9.18 Å². The zero-order valence-electron chi connectivity index (χ0n) is 12.2. The standard InChI is InChI=1S/C17H18FNOS/c1-12-7-8-13(2)16(9-12)21-11-17(20)19-10-14-5-3-4-6-15(14)18/h3-9H,10-11H2,1-2H3,(H,19,20). The van der Waals surface area contributed by atoms with Gasteiger partial charge in [-0.15, -0.1) is 11.8 Å². The van der Waals surface area contributed by atoms with Crippen molar-refractivity contribution in [3.63, 3.8) is 0 Å². The summed E-state index contributed by atoms with van der Waals surface area (Å²) >= 11 is 1.50. The first kappa shape index (κ1) is 15.6. The van der Waals surface area contributed by atoms with Crippen LogP contribution >= 0.6 is 11.8 Å². The van der Waals surface area contributed by atoms with Crippen LogP contribution in [0.15, 0.2) is 47.4 Å². The van der Waals surface area contributed by atoms with E-state index in [1.807, 2.05) is 13.8 Å². The Hall–Kier alpha value is -1.81. The number of nitrogens with one attached hydrogen (secondary N) is 1. The largest absolute Gasteiger partial charge is 0.351 e. The Balaban J connectivity index is 1.85. The molecule has 0 fully saturated rings. The third-order valence-corrected chi connectivity index (χ3v) is 4.29. The topological polar surface area (TPSA) is 29.1 Å². The Morgan fingerprint density at radius 1 is 1.19 bits per heavy atom. The molecule has 1 N–H and O–H groups in total. The first-order valence-corrected chi connectivity index (χ1v) is 7.75. The number of thioether (sulfide) groups is 1. The minimum Gasteiger partial charge on any atom is -0.351 e. The maximum Gasteiger partial charge on any atom is 0.230 e. The molecule has 0 aromatic heterocycles. The van der Waals surface area contributed by atoms with Crippen LogP contribution in [-0.4, -0.2) is 11.7 Å². The number of benzene rings is 2. The van der Waals surface area contributed by atoms with Gasteiger partial charge < -0.3 is 5.32 Å². The summed E-state index contributed by atoms with van der Waals surface area (Å²) in [6.07, 6.45) is 0. The summed E-state index contributed by atoms with van der Waals surface area (Å²) in [6.45, 7) is 4.28. The quantitative estimate of drug-likeness (QED) is 0.850. The van der Waals surface area contributed by atoms with E-state index in [1.165, 1.54) is 23.4 Å². The smallest absolute Gasteiger partial charge is 0.230 e. The van der Waals surface area contributed by atoms with Crippen molar-refractivity contribution >= 4 is 17.7 Å². The van der Waals surface area contributed by atoms with Crippen molar-refractivity contribution in [2.45, 2.75) is 25.3 Å². The summed E-state index contributed by atoms with van der Waals surface area (Å²) in [5.41, 5.74) is 2.84. The van der Waals surface area contributed by atoms with Gasteiger partial charge in [-0.2, -0.15) is 0 Å². The number of hydrogen-bond donors (Lipinski definition) is 1. The number of hydrogen-bond acceptors (Lipinski definition) is 2. The summed E-state index contributed by atoms with van der Waals surface area (Å²) in [4.78, 5) is 13.0. The molecule has 0 spiro atoms. The SMILES string of the molecule is Cc1ccc(C)c(SCC(=O)NCc2ccccc2F)c1. The molecule has 0 atom stereocenters. The third kappa shape index (κ3) is 4.60. The lowest BCUT2D eigenvalue weighted by Gasteiger charge is -2.08. The van der Waals surface area contributed by atoms with Crippen molar-refractivity contribution in [2.75, 3.05) is 5.75 Å². The Bertz CT molecular complexity index is 642. The van der Waals surface area contributed by atoms with E-state index < -0.39 is 0 Å². The molecule has 2 aromatic carbocycles. The maximum absolute atomic E-state index is 13.4. The fourth-order valence-corrected chi connectivity index (χ4v) is 2.85. The Morgan fingerprint density at radius 2 is 1.95 bits per heavy atom. The summed E-state index contributed by atoms with van der Waals surface area (Å²) < 4.78 is 13.4. The zero-order valence-corrected chi connectivity index (χ0v) is 13.0. The van der Waals surface area contributed by atoms with Gasteiger partial charge in [-0.3, -0.25) is 4.79 Å². The molecule has 0 aliphatic heterocycles. The van der Waals surface area contributed by atoms with Crippen LogP contribution in [0.4, 0.5) is 4.39 Å². The van der Waals surface area contributed by atoms with Gasteiger partial charge in [-0.25, -0.2) is 4.39 Å². The molecule has 0 heterocycles. The van der Waals surface area contributed by atoms with Gasteiger partial charge in [0.2, 0.25) is 5.91 Å². The highest BCUT2D eigenvalue weighted by atomic mass is 32.2. The van der Waals surface area contributed by atoms with Crippen LogP contribution < -0.4 is 5.32 Å². The molecule has 0 aliphatic rings. The Kier molecular flexibility index (Phi) is 5.39. The molecule has 2 nitrogen and oxygen atoms in total. The number of halogens is 1. The third-order valence-electron chi connectivity index (χ3n) is 3.14. The second-order valence-electron chi connectivity index (χ2n) is 4.93. The van der Waals surface area contributed by atoms with Gasteiger partial charge in [0.1, 0.15) is 5.82 Å². The van der Waals surface area contributed by atoms with E-state index in [2.05, 4.69) is 23.5 Å². The van der Waals surface area contributed by atoms with Crippen molar-refractivity contribution in [3.8, 4) is 0 Å². The van der Waals surface area contributed by atoms with Crippen molar-refractivity contribution in [3.05, 3.63) is 65.0 Å². The summed E-state index contributed by atoms with van der Waals surface area (Å²) in [6, 6.07) is 12.6. The highest BCUT2D eigenvalue weighted by Crippen LogP contribution is 2.23. The van der Waals surface area contributed by atoms with Crippen LogP contribution in [0.3, 0.4) is 0 Å². The second kappa shape index (κ2) is 7.27. The van der Waals surface area contributed by atoms with Crippen LogP contribution in [0.5, 0.6) is 0 Å². The van der Waals surface area contributed by atoms with Crippen molar-refractivity contribution in [2.24, 2.45) is 0 Å². The zero-order chi connectivity index (χ0) is 15.2. The summed E-state index contributed by atoms with van der Waals surface area (Å²) in [5, 5.41) is 2.74. The lowest BCUT2D eigenvalue weighted by Crippen LogP contribution is -2.25. The minimum atomic E-state index is -0.292. The molecule has 0 saturated heterocycles. The lowest BCUT2D eigenvalue weighted by molar-refractivity contribution is -0.118. The highest BCUT2D eigenvalue weighted by molar-refractivity contribution is 8.00. The van der Waals surface area contributed by atoms with Crippen molar-refractivity contribution in [1.82, 2.24) is 5.32 Å². The molecular weight excluding hydrogens is 285 g/mol. The minimum absolute atomic E-state index is 0.0934. The monoisotopic (exact) mass is 303 g/mol. The summed E-state index contributed by atoms with van der Waals surface area (Å²) in [7, 11) is 0. The van der Waals surface area contributed by atoms with Crippen LogP contribution in [0, 0.1) is 19.7 Å². The van der Waals surface area contributed by atoms with Gasteiger partial charge in [-0.05, 0) is 31.5 Å². The fourth-order valence-electron chi connectivity index (χ4n) is 1.89. The van der Waals surface area contributed by atoms with E-state index in [0.29, 0.717) is 11.3 Å². The fraction of sp³-hybridized carbons (Fsp3) is 0.235. The second-order valence-corrected chi connectivity index (χ2v) is 5.94. The molecule has 0 bridgehead atoms. The molecule has 1 amide bonds. The number of carbonyl (C=O) groups is 1. The average molecular weight is 303 g/mol. The van der Waals surface area contributed by atoms with Crippen LogP contribution in [-0.2, 0) is 11.3 Å². The van der Waals surface area contributed by atoms with Crippen LogP contribution in [0.2, 0.25) is 0 Å². The molecule has 0 unspecified atom stereocenters. The van der Waals surface area contributed by atoms with E-state index >= 15 is 0 Å².